The molecule has 0 amide bonds. The van der Waals surface area contributed by atoms with Gasteiger partial charge in [-0.15, -0.1) is 0 Å². The van der Waals surface area contributed by atoms with Crippen molar-refractivity contribution in [2.45, 2.75) is 31.8 Å². The van der Waals surface area contributed by atoms with Crippen molar-refractivity contribution >= 4 is 11.3 Å². The van der Waals surface area contributed by atoms with E-state index in [1.807, 2.05) is 0 Å². The standard InChI is InChI=1S/C11H17NOS/c1-9(10-4-7-14-8-10)12-11-2-5-13-6-3-11/h4,7-9,11-12H,2-3,5-6H2,1H3. The molecule has 1 aliphatic rings. The Hall–Kier alpha value is -0.380. The minimum atomic E-state index is 0.476. The molecule has 0 spiro atoms. The second-order valence-electron chi connectivity index (χ2n) is 3.83. The Morgan fingerprint density at radius 3 is 2.93 bits per heavy atom. The molecule has 14 heavy (non-hydrogen) atoms. The van der Waals surface area contributed by atoms with Gasteiger partial charge in [0.15, 0.2) is 0 Å². The first-order valence-corrected chi connectivity index (χ1v) is 6.16. The molecule has 1 aromatic heterocycles. The van der Waals surface area contributed by atoms with E-state index >= 15 is 0 Å². The molecule has 1 unspecified atom stereocenters. The van der Waals surface area contributed by atoms with Crippen LogP contribution in [0.25, 0.3) is 0 Å². The molecule has 1 atom stereocenters. The van der Waals surface area contributed by atoms with Gasteiger partial charge >= 0.3 is 0 Å². The van der Waals surface area contributed by atoms with Gasteiger partial charge in [0.1, 0.15) is 0 Å². The number of nitrogens with one attached hydrogen (secondary N) is 1. The molecule has 3 heteroatoms. The Bertz CT molecular complexity index is 254. The summed E-state index contributed by atoms with van der Waals surface area (Å²) in [4.78, 5) is 0. The minimum absolute atomic E-state index is 0.476. The summed E-state index contributed by atoms with van der Waals surface area (Å²) in [5.41, 5.74) is 1.40. The fourth-order valence-electron chi connectivity index (χ4n) is 1.84. The average Bonchev–Trinajstić information content (AvgIpc) is 2.72. The molecule has 2 heterocycles. The fourth-order valence-corrected chi connectivity index (χ4v) is 2.59. The Kier molecular flexibility index (Phi) is 3.56. The third-order valence-corrected chi connectivity index (χ3v) is 3.45. The minimum Gasteiger partial charge on any atom is -0.381 e. The van der Waals surface area contributed by atoms with E-state index in [0.29, 0.717) is 12.1 Å². The van der Waals surface area contributed by atoms with Gasteiger partial charge in [-0.05, 0) is 42.2 Å². The van der Waals surface area contributed by atoms with Crippen molar-refractivity contribution in [3.8, 4) is 0 Å². The SMILES string of the molecule is CC(NC1CCOCC1)c1ccsc1. The zero-order valence-corrected chi connectivity index (χ0v) is 9.35. The van der Waals surface area contributed by atoms with Gasteiger partial charge in [-0.3, -0.25) is 0 Å². The number of rotatable bonds is 3. The fraction of sp³-hybridized carbons (Fsp3) is 0.636. The smallest absolute Gasteiger partial charge is 0.0480 e. The molecule has 1 aromatic rings. The molecule has 2 nitrogen and oxygen atoms in total. The van der Waals surface area contributed by atoms with Crippen LogP contribution in [0.1, 0.15) is 31.4 Å². The zero-order valence-electron chi connectivity index (χ0n) is 8.53. The van der Waals surface area contributed by atoms with Gasteiger partial charge in [0.05, 0.1) is 0 Å². The van der Waals surface area contributed by atoms with E-state index in [-0.39, 0.29) is 0 Å². The quantitative estimate of drug-likeness (QED) is 0.829. The van der Waals surface area contributed by atoms with Crippen molar-refractivity contribution in [3.63, 3.8) is 0 Å². The topological polar surface area (TPSA) is 21.3 Å². The maximum atomic E-state index is 5.33. The van der Waals surface area contributed by atoms with Crippen LogP contribution in [0, 0.1) is 0 Å². The maximum Gasteiger partial charge on any atom is 0.0480 e. The third-order valence-electron chi connectivity index (χ3n) is 2.75. The first kappa shape index (κ1) is 10.1. The molecule has 1 fully saturated rings. The normalized spacial score (nSPS) is 20.9. The monoisotopic (exact) mass is 211 g/mol. The van der Waals surface area contributed by atoms with Crippen LogP contribution >= 0.6 is 11.3 Å². The Morgan fingerprint density at radius 2 is 2.29 bits per heavy atom. The summed E-state index contributed by atoms with van der Waals surface area (Å²) in [5, 5.41) is 8.00. The predicted octanol–water partition coefficient (Wildman–Crippen LogP) is 2.58. The van der Waals surface area contributed by atoms with Crippen molar-refractivity contribution < 1.29 is 4.74 Å². The molecule has 2 rings (SSSR count). The molecule has 1 saturated heterocycles. The highest BCUT2D eigenvalue weighted by Crippen LogP contribution is 2.18. The second kappa shape index (κ2) is 4.91. The van der Waals surface area contributed by atoms with Crippen LogP contribution in [0.4, 0.5) is 0 Å². The van der Waals surface area contributed by atoms with Crippen LogP contribution in [0.15, 0.2) is 16.8 Å². The summed E-state index contributed by atoms with van der Waals surface area (Å²) in [7, 11) is 0. The molecule has 0 saturated carbocycles. The summed E-state index contributed by atoms with van der Waals surface area (Å²) in [5.74, 6) is 0. The second-order valence-corrected chi connectivity index (χ2v) is 4.61. The number of hydrogen-bond donors (Lipinski definition) is 1. The van der Waals surface area contributed by atoms with E-state index in [0.717, 1.165) is 26.1 Å². The number of thiophene rings is 1. The van der Waals surface area contributed by atoms with Gasteiger partial charge in [-0.1, -0.05) is 0 Å². The summed E-state index contributed by atoms with van der Waals surface area (Å²) >= 11 is 1.77. The summed E-state index contributed by atoms with van der Waals surface area (Å²) in [6.07, 6.45) is 2.29. The van der Waals surface area contributed by atoms with Crippen LogP contribution in [-0.4, -0.2) is 19.3 Å². The van der Waals surface area contributed by atoms with Crippen molar-refractivity contribution in [2.75, 3.05) is 13.2 Å². The molecule has 0 bridgehead atoms. The number of hydrogen-bond acceptors (Lipinski definition) is 3. The highest BCUT2D eigenvalue weighted by molar-refractivity contribution is 7.07. The molecule has 78 valence electrons. The van der Waals surface area contributed by atoms with Gasteiger partial charge in [0.25, 0.3) is 0 Å². The Labute approximate surface area is 89.3 Å². The van der Waals surface area contributed by atoms with Crippen molar-refractivity contribution in [2.24, 2.45) is 0 Å². The molecule has 0 aliphatic carbocycles. The average molecular weight is 211 g/mol. The van der Waals surface area contributed by atoms with Crippen LogP contribution in [0.5, 0.6) is 0 Å². The maximum absolute atomic E-state index is 5.33. The lowest BCUT2D eigenvalue weighted by Crippen LogP contribution is -2.36. The van der Waals surface area contributed by atoms with Crippen LogP contribution < -0.4 is 5.32 Å². The highest BCUT2D eigenvalue weighted by Gasteiger charge is 2.16. The van der Waals surface area contributed by atoms with Crippen molar-refractivity contribution in [3.05, 3.63) is 22.4 Å². The van der Waals surface area contributed by atoms with E-state index in [1.54, 1.807) is 11.3 Å². The van der Waals surface area contributed by atoms with E-state index in [2.05, 4.69) is 29.1 Å². The van der Waals surface area contributed by atoms with Gasteiger partial charge in [0.2, 0.25) is 0 Å². The van der Waals surface area contributed by atoms with Crippen LogP contribution in [0.3, 0.4) is 0 Å². The summed E-state index contributed by atoms with van der Waals surface area (Å²) < 4.78 is 5.33. The number of ether oxygens (including phenoxy) is 1. The van der Waals surface area contributed by atoms with Crippen LogP contribution in [-0.2, 0) is 4.74 Å². The highest BCUT2D eigenvalue weighted by atomic mass is 32.1. The Balaban J connectivity index is 1.84. The van der Waals surface area contributed by atoms with Gasteiger partial charge in [-0.2, -0.15) is 11.3 Å². The molecule has 1 aliphatic heterocycles. The largest absolute Gasteiger partial charge is 0.381 e. The van der Waals surface area contributed by atoms with Crippen molar-refractivity contribution in [1.29, 1.82) is 0 Å². The van der Waals surface area contributed by atoms with Gasteiger partial charge in [-0.25, -0.2) is 0 Å². The van der Waals surface area contributed by atoms with Gasteiger partial charge in [0, 0.05) is 25.3 Å². The summed E-state index contributed by atoms with van der Waals surface area (Å²) in [6.45, 7) is 4.06. The molecular formula is C11H17NOS. The first-order chi connectivity index (χ1) is 6.86. The lowest BCUT2D eigenvalue weighted by Gasteiger charge is -2.26. The molecule has 1 N–H and O–H groups in total. The van der Waals surface area contributed by atoms with Crippen molar-refractivity contribution in [1.82, 2.24) is 5.32 Å². The predicted molar refractivity (Wildman–Crippen MR) is 59.7 cm³/mol. The van der Waals surface area contributed by atoms with Gasteiger partial charge < -0.3 is 10.1 Å². The third kappa shape index (κ3) is 2.56. The first-order valence-electron chi connectivity index (χ1n) is 5.22. The van der Waals surface area contributed by atoms with Crippen LogP contribution in [0.2, 0.25) is 0 Å². The molecular weight excluding hydrogens is 194 g/mol. The lowest BCUT2D eigenvalue weighted by molar-refractivity contribution is 0.0754. The van der Waals surface area contributed by atoms with E-state index < -0.39 is 0 Å². The molecule has 0 radical (unpaired) electrons. The zero-order chi connectivity index (χ0) is 9.80. The Morgan fingerprint density at radius 1 is 1.50 bits per heavy atom. The van der Waals surface area contributed by atoms with E-state index in [9.17, 15) is 0 Å². The summed E-state index contributed by atoms with van der Waals surface area (Å²) in [6, 6.07) is 3.31. The molecule has 0 aromatic carbocycles. The van der Waals surface area contributed by atoms with E-state index in [4.69, 9.17) is 4.74 Å². The van der Waals surface area contributed by atoms with E-state index in [1.165, 1.54) is 5.56 Å². The lowest BCUT2D eigenvalue weighted by atomic mass is 10.1.